The summed E-state index contributed by atoms with van der Waals surface area (Å²) >= 11 is 8.19. The van der Waals surface area contributed by atoms with E-state index in [4.69, 9.17) is 11.6 Å². The molecule has 0 aliphatic rings. The van der Waals surface area contributed by atoms with Crippen LogP contribution < -0.4 is 0 Å². The summed E-state index contributed by atoms with van der Waals surface area (Å²) in [4.78, 5) is 9.24. The smallest absolute Gasteiger partial charge is 0.217 e. The largest absolute Gasteiger partial charge is 0.223 e. The van der Waals surface area contributed by atoms with Crippen molar-refractivity contribution in [2.75, 3.05) is 0 Å². The van der Waals surface area contributed by atoms with E-state index in [0.29, 0.717) is 0 Å². The molecule has 0 amide bonds. The summed E-state index contributed by atoms with van der Waals surface area (Å²) in [5.41, 5.74) is 2.83. The number of nitrogens with zero attached hydrogens (tertiary/aromatic N) is 2. The molecule has 0 fully saturated rings. The van der Waals surface area contributed by atoms with Gasteiger partial charge in [-0.25, -0.2) is 9.97 Å². The summed E-state index contributed by atoms with van der Waals surface area (Å²) < 4.78 is 2.48. The minimum Gasteiger partial charge on any atom is -0.217 e. The normalized spacial score (nSPS) is 11.8. The summed E-state index contributed by atoms with van der Waals surface area (Å²) in [7, 11) is 0. The van der Waals surface area contributed by atoms with Crippen molar-refractivity contribution < 1.29 is 0 Å². The minimum absolute atomic E-state index is 0.276. The standard InChI is InChI=1S/C24H13ClN2S/c25-24-26-22(15-7-2-1-3-8-15)17-11-13-19-21(23(17)27-24)20-16-9-5-4-6-14(16)10-12-18(20)28-19/h1-13H. The number of thiophene rings is 1. The molecule has 2 nitrogen and oxygen atoms in total. The molecule has 6 aromatic rings. The van der Waals surface area contributed by atoms with Crippen LogP contribution in [-0.4, -0.2) is 9.97 Å². The Morgan fingerprint density at radius 1 is 0.643 bits per heavy atom. The van der Waals surface area contributed by atoms with Crippen molar-refractivity contribution in [1.82, 2.24) is 9.97 Å². The second-order valence-electron chi connectivity index (χ2n) is 6.80. The Balaban J connectivity index is 1.85. The van der Waals surface area contributed by atoms with Crippen molar-refractivity contribution in [3.05, 3.63) is 84.1 Å². The summed E-state index contributed by atoms with van der Waals surface area (Å²) in [6.45, 7) is 0. The molecule has 0 atom stereocenters. The molecule has 4 aromatic carbocycles. The third-order valence-corrected chi connectivity index (χ3v) is 6.50. The van der Waals surface area contributed by atoms with Crippen LogP contribution in [0.15, 0.2) is 78.9 Å². The van der Waals surface area contributed by atoms with Crippen LogP contribution in [0, 0.1) is 0 Å². The first kappa shape index (κ1) is 16.0. The zero-order chi connectivity index (χ0) is 18.7. The number of aromatic nitrogens is 2. The van der Waals surface area contributed by atoms with E-state index in [0.717, 1.165) is 27.5 Å². The molecule has 0 aliphatic heterocycles. The van der Waals surface area contributed by atoms with Gasteiger partial charge in [0.1, 0.15) is 0 Å². The molecular formula is C24H13ClN2S. The Morgan fingerprint density at radius 3 is 2.29 bits per heavy atom. The van der Waals surface area contributed by atoms with Gasteiger partial charge in [-0.15, -0.1) is 11.3 Å². The maximum atomic E-state index is 6.39. The summed E-state index contributed by atoms with van der Waals surface area (Å²) in [6.07, 6.45) is 0. The Morgan fingerprint density at radius 2 is 1.39 bits per heavy atom. The fourth-order valence-corrected chi connectivity index (χ4v) is 5.30. The van der Waals surface area contributed by atoms with Crippen molar-refractivity contribution in [1.29, 1.82) is 0 Å². The zero-order valence-corrected chi connectivity index (χ0v) is 16.3. The maximum Gasteiger partial charge on any atom is 0.223 e. The Bertz CT molecular complexity index is 1520. The Hall–Kier alpha value is -3.01. The van der Waals surface area contributed by atoms with Gasteiger partial charge in [-0.1, -0.05) is 60.7 Å². The van der Waals surface area contributed by atoms with Crippen LogP contribution in [0.2, 0.25) is 5.28 Å². The van der Waals surface area contributed by atoms with Crippen LogP contribution in [0.3, 0.4) is 0 Å². The predicted octanol–water partition coefficient (Wildman–Crippen LogP) is 7.47. The summed E-state index contributed by atoms with van der Waals surface area (Å²) in [5.74, 6) is 0. The van der Waals surface area contributed by atoms with Crippen LogP contribution >= 0.6 is 22.9 Å². The molecule has 0 saturated carbocycles. The molecule has 4 heteroatoms. The second kappa shape index (κ2) is 5.99. The van der Waals surface area contributed by atoms with E-state index in [1.54, 1.807) is 11.3 Å². The van der Waals surface area contributed by atoms with Gasteiger partial charge in [0.2, 0.25) is 5.28 Å². The second-order valence-corrected chi connectivity index (χ2v) is 8.23. The average Bonchev–Trinajstić information content (AvgIpc) is 3.13. The molecule has 132 valence electrons. The van der Waals surface area contributed by atoms with Crippen molar-refractivity contribution in [2.24, 2.45) is 0 Å². The number of halogens is 1. The molecule has 2 heterocycles. The van der Waals surface area contributed by atoms with Crippen LogP contribution in [0.5, 0.6) is 0 Å². The fourth-order valence-electron chi connectivity index (χ4n) is 4.01. The first-order valence-electron chi connectivity index (χ1n) is 9.05. The quantitative estimate of drug-likeness (QED) is 0.269. The van der Waals surface area contributed by atoms with E-state index in [1.807, 2.05) is 18.2 Å². The molecule has 0 bridgehead atoms. The van der Waals surface area contributed by atoms with Gasteiger partial charge in [0.05, 0.1) is 11.2 Å². The van der Waals surface area contributed by atoms with Crippen molar-refractivity contribution in [3.8, 4) is 11.3 Å². The minimum atomic E-state index is 0.276. The lowest BCUT2D eigenvalue weighted by Gasteiger charge is -2.08. The van der Waals surface area contributed by atoms with Gasteiger partial charge in [-0.05, 0) is 40.6 Å². The topological polar surface area (TPSA) is 25.8 Å². The highest BCUT2D eigenvalue weighted by Crippen LogP contribution is 2.42. The van der Waals surface area contributed by atoms with Crippen LogP contribution in [-0.2, 0) is 0 Å². The number of hydrogen-bond donors (Lipinski definition) is 0. The third-order valence-electron chi connectivity index (χ3n) is 5.21. The summed E-state index contributed by atoms with van der Waals surface area (Å²) in [5, 5.41) is 6.19. The average molecular weight is 397 g/mol. The fraction of sp³-hybridized carbons (Fsp3) is 0. The molecule has 0 spiro atoms. The van der Waals surface area contributed by atoms with Crippen molar-refractivity contribution in [2.45, 2.75) is 0 Å². The van der Waals surface area contributed by atoms with E-state index in [9.17, 15) is 0 Å². The van der Waals surface area contributed by atoms with E-state index >= 15 is 0 Å². The zero-order valence-electron chi connectivity index (χ0n) is 14.7. The first-order valence-corrected chi connectivity index (χ1v) is 10.2. The van der Waals surface area contributed by atoms with Crippen molar-refractivity contribution in [3.63, 3.8) is 0 Å². The molecule has 0 saturated heterocycles. The van der Waals surface area contributed by atoms with Crippen molar-refractivity contribution >= 4 is 64.8 Å². The van der Waals surface area contributed by atoms with Crippen LogP contribution in [0.4, 0.5) is 0 Å². The number of fused-ring (bicyclic) bond motifs is 7. The van der Waals surface area contributed by atoms with Gasteiger partial charge in [0.15, 0.2) is 0 Å². The van der Waals surface area contributed by atoms with Gasteiger partial charge in [0, 0.05) is 31.1 Å². The predicted molar refractivity (Wildman–Crippen MR) is 120 cm³/mol. The molecule has 0 radical (unpaired) electrons. The molecule has 2 aromatic heterocycles. The van der Waals surface area contributed by atoms with Gasteiger partial charge in [0.25, 0.3) is 0 Å². The monoisotopic (exact) mass is 396 g/mol. The van der Waals surface area contributed by atoms with Gasteiger partial charge >= 0.3 is 0 Å². The highest BCUT2D eigenvalue weighted by Gasteiger charge is 2.16. The summed E-state index contributed by atoms with van der Waals surface area (Å²) in [6, 6.07) is 27.4. The highest BCUT2D eigenvalue weighted by atomic mass is 35.5. The number of hydrogen-bond acceptors (Lipinski definition) is 3. The molecule has 0 unspecified atom stereocenters. The number of benzene rings is 4. The maximum absolute atomic E-state index is 6.39. The Kier molecular flexibility index (Phi) is 3.42. The third kappa shape index (κ3) is 2.27. The SMILES string of the molecule is Clc1nc(-c2ccccc2)c2ccc3sc4ccc5ccccc5c4c3c2n1. The number of rotatable bonds is 1. The molecule has 28 heavy (non-hydrogen) atoms. The van der Waals surface area contributed by atoms with E-state index in [-0.39, 0.29) is 5.28 Å². The van der Waals surface area contributed by atoms with E-state index < -0.39 is 0 Å². The van der Waals surface area contributed by atoms with Crippen LogP contribution in [0.1, 0.15) is 0 Å². The van der Waals surface area contributed by atoms with Gasteiger partial charge in [-0.2, -0.15) is 0 Å². The molecule has 0 N–H and O–H groups in total. The lowest BCUT2D eigenvalue weighted by atomic mass is 10.0. The van der Waals surface area contributed by atoms with Gasteiger partial charge < -0.3 is 0 Å². The first-order chi connectivity index (χ1) is 13.8. The van der Waals surface area contributed by atoms with Crippen LogP contribution in [0.25, 0.3) is 53.1 Å². The Labute approximate surface area is 170 Å². The van der Waals surface area contributed by atoms with Gasteiger partial charge in [-0.3, -0.25) is 0 Å². The lowest BCUT2D eigenvalue weighted by Crippen LogP contribution is -1.91. The molecule has 0 aliphatic carbocycles. The molecule has 6 rings (SSSR count). The van der Waals surface area contributed by atoms with E-state index in [1.165, 1.54) is 25.6 Å². The highest BCUT2D eigenvalue weighted by molar-refractivity contribution is 7.26. The molecular weight excluding hydrogens is 384 g/mol. The van der Waals surface area contributed by atoms with E-state index in [2.05, 4.69) is 70.6 Å². The lowest BCUT2D eigenvalue weighted by molar-refractivity contribution is 1.23.